The molecule has 4 nitrogen and oxygen atoms in total. The molecular weight excluding hydrogens is 308 g/mol. The van der Waals surface area contributed by atoms with Crippen LogP contribution in [0.1, 0.15) is 38.2 Å². The van der Waals surface area contributed by atoms with E-state index in [2.05, 4.69) is 57.6 Å². The first-order valence-corrected chi connectivity index (χ1v) is 9.22. The predicted octanol–water partition coefficient (Wildman–Crippen LogP) is 3.03. The van der Waals surface area contributed by atoms with Gasteiger partial charge >= 0.3 is 0 Å². The summed E-state index contributed by atoms with van der Waals surface area (Å²) in [4.78, 5) is 11.3. The van der Waals surface area contributed by atoms with Gasteiger partial charge in [-0.2, -0.15) is 4.57 Å². The van der Waals surface area contributed by atoms with E-state index in [0.717, 1.165) is 44.6 Å². The van der Waals surface area contributed by atoms with Crippen LogP contribution in [0, 0.1) is 17.8 Å². The van der Waals surface area contributed by atoms with Crippen LogP contribution in [0.5, 0.6) is 0 Å². The molecule has 0 aromatic carbocycles. The molecule has 0 bridgehead atoms. The zero-order chi connectivity index (χ0) is 17.5. The number of pyridine rings is 1. The Kier molecular flexibility index (Phi) is 6.00. The number of anilines is 1. The van der Waals surface area contributed by atoms with E-state index < -0.39 is 0 Å². The van der Waals surface area contributed by atoms with Crippen LogP contribution >= 0.6 is 0 Å². The Morgan fingerprint density at radius 3 is 2.40 bits per heavy atom. The minimum Gasteiger partial charge on any atom is -0.341 e. The van der Waals surface area contributed by atoms with Crippen LogP contribution < -0.4 is 9.47 Å². The molecule has 1 aliphatic rings. The van der Waals surface area contributed by atoms with E-state index in [1.165, 1.54) is 5.56 Å². The lowest BCUT2D eigenvalue weighted by atomic mass is 9.86. The van der Waals surface area contributed by atoms with Crippen molar-refractivity contribution in [3.63, 3.8) is 0 Å². The number of hydrogen-bond acceptors (Lipinski definition) is 3. The van der Waals surface area contributed by atoms with Gasteiger partial charge in [-0.3, -0.25) is 0 Å². The van der Waals surface area contributed by atoms with Gasteiger partial charge in [0.15, 0.2) is 12.4 Å². The Hall–Kier alpha value is -2.41. The SMILES string of the molecule is CCc1cnc(N(C)[C@H]2CC[C@H](C#CC[n+]3ccccc3)CC2)nc1. The maximum atomic E-state index is 4.51. The van der Waals surface area contributed by atoms with E-state index in [0.29, 0.717) is 12.0 Å². The van der Waals surface area contributed by atoms with Gasteiger partial charge in [-0.25, -0.2) is 9.97 Å². The Labute approximate surface area is 150 Å². The minimum atomic E-state index is 0.522. The van der Waals surface area contributed by atoms with Crippen LogP contribution in [0.2, 0.25) is 0 Å². The molecule has 2 aromatic heterocycles. The molecule has 1 saturated carbocycles. The molecular formula is C21H27N4+. The third-order valence-corrected chi connectivity index (χ3v) is 5.00. The van der Waals surface area contributed by atoms with Crippen molar-refractivity contribution in [2.24, 2.45) is 5.92 Å². The summed E-state index contributed by atoms with van der Waals surface area (Å²) in [6, 6.07) is 6.63. The topological polar surface area (TPSA) is 32.9 Å². The lowest BCUT2D eigenvalue weighted by Crippen LogP contribution is -2.36. The van der Waals surface area contributed by atoms with Crippen molar-refractivity contribution in [1.82, 2.24) is 9.97 Å². The maximum absolute atomic E-state index is 4.51. The molecule has 1 aliphatic carbocycles. The van der Waals surface area contributed by atoms with E-state index in [9.17, 15) is 0 Å². The summed E-state index contributed by atoms with van der Waals surface area (Å²) in [5, 5.41) is 0. The average molecular weight is 335 g/mol. The van der Waals surface area contributed by atoms with Gasteiger partial charge in [0.1, 0.15) is 0 Å². The van der Waals surface area contributed by atoms with E-state index in [1.807, 2.05) is 30.6 Å². The summed E-state index contributed by atoms with van der Waals surface area (Å²) >= 11 is 0. The Morgan fingerprint density at radius 1 is 1.08 bits per heavy atom. The third kappa shape index (κ3) is 4.79. The second-order valence-electron chi connectivity index (χ2n) is 6.73. The third-order valence-electron chi connectivity index (χ3n) is 5.00. The van der Waals surface area contributed by atoms with Crippen molar-refractivity contribution in [2.75, 3.05) is 11.9 Å². The van der Waals surface area contributed by atoms with Crippen molar-refractivity contribution < 1.29 is 4.57 Å². The van der Waals surface area contributed by atoms with Crippen LogP contribution in [-0.2, 0) is 13.0 Å². The quantitative estimate of drug-likeness (QED) is 0.636. The van der Waals surface area contributed by atoms with E-state index in [4.69, 9.17) is 0 Å². The smallest absolute Gasteiger partial charge is 0.225 e. The summed E-state index contributed by atoms with van der Waals surface area (Å²) in [6.07, 6.45) is 13.6. The lowest BCUT2D eigenvalue weighted by molar-refractivity contribution is -0.684. The molecule has 2 heterocycles. The van der Waals surface area contributed by atoms with Crippen molar-refractivity contribution in [3.8, 4) is 11.8 Å². The predicted molar refractivity (Wildman–Crippen MR) is 100.0 cm³/mol. The Morgan fingerprint density at radius 2 is 1.76 bits per heavy atom. The molecule has 25 heavy (non-hydrogen) atoms. The molecule has 0 atom stereocenters. The summed E-state index contributed by atoms with van der Waals surface area (Å²) in [6.45, 7) is 2.90. The van der Waals surface area contributed by atoms with Gasteiger partial charge in [0, 0.05) is 43.5 Å². The molecule has 1 fully saturated rings. The standard InChI is InChI=1S/C21H27N4/c1-3-18-16-22-21(23-17-18)24(2)20-11-9-19(10-12-20)8-7-15-25-13-5-4-6-14-25/h4-6,13-14,16-17,19-20H,3,9-12,15H2,1-2H3/q+1/t19-,20-. The first-order valence-electron chi connectivity index (χ1n) is 9.22. The first-order chi connectivity index (χ1) is 12.3. The van der Waals surface area contributed by atoms with Crippen LogP contribution in [0.25, 0.3) is 0 Å². The van der Waals surface area contributed by atoms with E-state index >= 15 is 0 Å². The number of nitrogens with zero attached hydrogens (tertiary/aromatic N) is 4. The highest BCUT2D eigenvalue weighted by molar-refractivity contribution is 5.30. The normalized spacial score (nSPS) is 19.8. The summed E-state index contributed by atoms with van der Waals surface area (Å²) in [5.41, 5.74) is 1.19. The van der Waals surface area contributed by atoms with Crippen molar-refractivity contribution in [1.29, 1.82) is 0 Å². The molecule has 4 heteroatoms. The molecule has 0 amide bonds. The zero-order valence-electron chi connectivity index (χ0n) is 15.2. The molecule has 0 saturated heterocycles. The van der Waals surface area contributed by atoms with Gasteiger partial charge in [0.05, 0.1) is 0 Å². The van der Waals surface area contributed by atoms with E-state index in [-0.39, 0.29) is 0 Å². The molecule has 0 radical (unpaired) electrons. The molecule has 0 aliphatic heterocycles. The highest BCUT2D eigenvalue weighted by atomic mass is 15.2. The molecule has 0 N–H and O–H groups in total. The fourth-order valence-electron chi connectivity index (χ4n) is 3.30. The largest absolute Gasteiger partial charge is 0.341 e. The molecule has 130 valence electrons. The fourth-order valence-corrected chi connectivity index (χ4v) is 3.30. The summed E-state index contributed by atoms with van der Waals surface area (Å²) in [5.74, 6) is 8.16. The van der Waals surface area contributed by atoms with Gasteiger partial charge in [0.25, 0.3) is 0 Å². The Bertz CT molecular complexity index is 707. The second kappa shape index (κ2) is 8.62. The summed E-state index contributed by atoms with van der Waals surface area (Å²) < 4.78 is 2.11. The monoisotopic (exact) mass is 335 g/mol. The van der Waals surface area contributed by atoms with Crippen LogP contribution in [-0.4, -0.2) is 23.1 Å². The fraction of sp³-hybridized carbons (Fsp3) is 0.476. The van der Waals surface area contributed by atoms with Gasteiger partial charge < -0.3 is 4.90 Å². The van der Waals surface area contributed by atoms with Crippen molar-refractivity contribution in [2.45, 2.75) is 51.6 Å². The molecule has 3 rings (SSSR count). The molecule has 2 aromatic rings. The number of rotatable bonds is 4. The number of hydrogen-bond donors (Lipinski definition) is 0. The van der Waals surface area contributed by atoms with Gasteiger partial charge in [0.2, 0.25) is 12.5 Å². The Balaban J connectivity index is 1.49. The molecule has 0 spiro atoms. The molecule has 0 unspecified atom stereocenters. The highest BCUT2D eigenvalue weighted by Crippen LogP contribution is 2.28. The second-order valence-corrected chi connectivity index (χ2v) is 6.73. The first kappa shape index (κ1) is 17.4. The van der Waals surface area contributed by atoms with Crippen LogP contribution in [0.15, 0.2) is 43.0 Å². The minimum absolute atomic E-state index is 0.522. The highest BCUT2D eigenvalue weighted by Gasteiger charge is 2.24. The summed E-state index contributed by atoms with van der Waals surface area (Å²) in [7, 11) is 2.11. The van der Waals surface area contributed by atoms with Gasteiger partial charge in [-0.15, -0.1) is 0 Å². The van der Waals surface area contributed by atoms with E-state index in [1.54, 1.807) is 0 Å². The average Bonchev–Trinajstić information content (AvgIpc) is 2.69. The van der Waals surface area contributed by atoms with Crippen molar-refractivity contribution >= 4 is 5.95 Å². The lowest BCUT2D eigenvalue weighted by Gasteiger charge is -2.33. The van der Waals surface area contributed by atoms with Gasteiger partial charge in [-0.1, -0.05) is 18.9 Å². The van der Waals surface area contributed by atoms with Gasteiger partial charge in [-0.05, 0) is 43.6 Å². The van der Waals surface area contributed by atoms with Crippen LogP contribution in [0.3, 0.4) is 0 Å². The zero-order valence-corrected chi connectivity index (χ0v) is 15.2. The number of aryl methyl sites for hydroxylation is 1. The van der Waals surface area contributed by atoms with Crippen molar-refractivity contribution in [3.05, 3.63) is 48.5 Å². The number of aromatic nitrogens is 3. The maximum Gasteiger partial charge on any atom is 0.225 e. The van der Waals surface area contributed by atoms with Crippen LogP contribution in [0.4, 0.5) is 5.95 Å².